The predicted molar refractivity (Wildman–Crippen MR) is 84.7 cm³/mol. The number of para-hydroxylation sites is 1. The molecule has 0 saturated heterocycles. The van der Waals surface area contributed by atoms with Gasteiger partial charge in [0.1, 0.15) is 5.84 Å². The minimum atomic E-state index is 0.524. The summed E-state index contributed by atoms with van der Waals surface area (Å²) in [5.41, 5.74) is 1.95. The van der Waals surface area contributed by atoms with Crippen LogP contribution in [-0.2, 0) is 0 Å². The van der Waals surface area contributed by atoms with Crippen LogP contribution < -0.4 is 10.6 Å². The van der Waals surface area contributed by atoms with Crippen LogP contribution in [0.5, 0.6) is 0 Å². The van der Waals surface area contributed by atoms with Crippen LogP contribution in [0, 0.1) is 0 Å². The molecule has 19 heavy (non-hydrogen) atoms. The van der Waals surface area contributed by atoms with Gasteiger partial charge >= 0.3 is 0 Å². The first-order valence-electron chi connectivity index (χ1n) is 5.95. The molecule has 3 nitrogen and oxygen atoms in total. The highest BCUT2D eigenvalue weighted by Crippen LogP contribution is 2.05. The van der Waals surface area contributed by atoms with Gasteiger partial charge in [-0.05, 0) is 24.4 Å². The van der Waals surface area contributed by atoms with E-state index in [1.807, 2.05) is 60.7 Å². The fourth-order valence-corrected chi connectivity index (χ4v) is 1.86. The van der Waals surface area contributed by atoms with Gasteiger partial charge in [-0.15, -0.1) is 0 Å². The van der Waals surface area contributed by atoms with Crippen molar-refractivity contribution in [2.45, 2.75) is 0 Å². The Kier molecular flexibility index (Phi) is 4.64. The Bertz CT molecular complexity index is 564. The Hall–Kier alpha value is -2.20. The summed E-state index contributed by atoms with van der Waals surface area (Å²) in [5.74, 6) is 0.744. The first-order valence-corrected chi connectivity index (χ1v) is 6.35. The van der Waals surface area contributed by atoms with E-state index in [4.69, 9.17) is 12.2 Å². The zero-order valence-corrected chi connectivity index (χ0v) is 11.4. The van der Waals surface area contributed by atoms with E-state index < -0.39 is 0 Å². The van der Waals surface area contributed by atoms with Crippen molar-refractivity contribution >= 4 is 28.9 Å². The summed E-state index contributed by atoms with van der Waals surface area (Å²) in [7, 11) is 1.74. The number of benzene rings is 2. The highest BCUT2D eigenvalue weighted by Gasteiger charge is 2.04. The molecular formula is C15H15N3S. The topological polar surface area (TPSA) is 36.4 Å². The largest absolute Gasteiger partial charge is 0.332 e. The number of thiocarbonyl (C=S) groups is 1. The second-order valence-electron chi connectivity index (χ2n) is 3.88. The Morgan fingerprint density at radius 2 is 1.53 bits per heavy atom. The van der Waals surface area contributed by atoms with E-state index in [0.717, 1.165) is 17.1 Å². The predicted octanol–water partition coefficient (Wildman–Crippen LogP) is 3.05. The van der Waals surface area contributed by atoms with Crippen LogP contribution >= 0.6 is 12.2 Å². The second-order valence-corrected chi connectivity index (χ2v) is 4.29. The Morgan fingerprint density at radius 3 is 2.11 bits per heavy atom. The number of nitrogens with one attached hydrogen (secondary N) is 2. The Morgan fingerprint density at radius 1 is 0.947 bits per heavy atom. The quantitative estimate of drug-likeness (QED) is 0.500. The molecule has 0 fully saturated rings. The lowest BCUT2D eigenvalue weighted by Crippen LogP contribution is -2.34. The SMILES string of the molecule is CN=C(NC(=S)Nc1ccccc1)c1ccccc1. The molecule has 0 heterocycles. The highest BCUT2D eigenvalue weighted by atomic mass is 32.1. The number of nitrogens with zero attached hydrogens (tertiary/aromatic N) is 1. The molecule has 2 aromatic rings. The molecule has 0 aliphatic rings. The smallest absolute Gasteiger partial charge is 0.176 e. The molecule has 0 amide bonds. The normalized spacial score (nSPS) is 10.9. The number of hydrogen-bond acceptors (Lipinski definition) is 2. The fraction of sp³-hybridized carbons (Fsp3) is 0.0667. The van der Waals surface area contributed by atoms with Gasteiger partial charge in [-0.2, -0.15) is 0 Å². The maximum absolute atomic E-state index is 5.28. The van der Waals surface area contributed by atoms with Crippen LogP contribution in [0.15, 0.2) is 65.7 Å². The molecule has 0 aromatic heterocycles. The zero-order valence-electron chi connectivity index (χ0n) is 10.6. The van der Waals surface area contributed by atoms with Crippen molar-refractivity contribution in [1.82, 2.24) is 5.32 Å². The van der Waals surface area contributed by atoms with Gasteiger partial charge in [0.05, 0.1) is 0 Å². The lowest BCUT2D eigenvalue weighted by molar-refractivity contribution is 1.29. The summed E-state index contributed by atoms with van der Waals surface area (Å²) in [6.45, 7) is 0. The summed E-state index contributed by atoms with van der Waals surface area (Å²) < 4.78 is 0. The van der Waals surface area contributed by atoms with Gasteiger partial charge in [0, 0.05) is 18.3 Å². The molecule has 0 atom stereocenters. The number of anilines is 1. The lowest BCUT2D eigenvalue weighted by Gasteiger charge is -2.12. The summed E-state index contributed by atoms with van der Waals surface area (Å²) in [4.78, 5) is 4.22. The molecule has 0 bridgehead atoms. The van der Waals surface area contributed by atoms with Crippen molar-refractivity contribution in [2.75, 3.05) is 12.4 Å². The molecule has 96 valence electrons. The number of hydrogen-bond donors (Lipinski definition) is 2. The van der Waals surface area contributed by atoms with Gasteiger partial charge in [-0.3, -0.25) is 4.99 Å². The Balaban J connectivity index is 2.02. The van der Waals surface area contributed by atoms with Gasteiger partial charge in [-0.1, -0.05) is 48.5 Å². The van der Waals surface area contributed by atoms with E-state index in [-0.39, 0.29) is 0 Å². The standard InChI is InChI=1S/C15H15N3S/c1-16-14(12-8-4-2-5-9-12)18-15(19)17-13-10-6-3-7-11-13/h2-11H,1H3,(H2,16,17,18,19). The monoisotopic (exact) mass is 269 g/mol. The molecule has 4 heteroatoms. The van der Waals surface area contributed by atoms with Crippen molar-refractivity contribution in [2.24, 2.45) is 4.99 Å². The minimum Gasteiger partial charge on any atom is -0.332 e. The molecule has 2 N–H and O–H groups in total. The summed E-state index contributed by atoms with van der Waals surface area (Å²) in [5, 5.41) is 6.74. The summed E-state index contributed by atoms with van der Waals surface area (Å²) in [6.07, 6.45) is 0. The molecule has 0 spiro atoms. The number of rotatable bonds is 2. The van der Waals surface area contributed by atoms with Crippen LogP contribution in [0.25, 0.3) is 0 Å². The van der Waals surface area contributed by atoms with Crippen LogP contribution in [0.2, 0.25) is 0 Å². The molecular weight excluding hydrogens is 254 g/mol. The van der Waals surface area contributed by atoms with E-state index >= 15 is 0 Å². The third-order valence-electron chi connectivity index (χ3n) is 2.53. The molecule has 2 aromatic carbocycles. The third kappa shape index (κ3) is 3.89. The van der Waals surface area contributed by atoms with Crippen LogP contribution in [0.3, 0.4) is 0 Å². The zero-order chi connectivity index (χ0) is 13.5. The van der Waals surface area contributed by atoms with Crippen molar-refractivity contribution < 1.29 is 0 Å². The number of amidine groups is 1. The average Bonchev–Trinajstić information content (AvgIpc) is 2.47. The fourth-order valence-electron chi connectivity index (χ4n) is 1.64. The highest BCUT2D eigenvalue weighted by molar-refractivity contribution is 7.80. The van der Waals surface area contributed by atoms with Gasteiger partial charge < -0.3 is 10.6 Å². The molecule has 0 aliphatic heterocycles. The summed E-state index contributed by atoms with van der Waals surface area (Å²) >= 11 is 5.28. The van der Waals surface area contributed by atoms with E-state index in [1.54, 1.807) is 7.05 Å². The first kappa shape index (κ1) is 13.2. The maximum Gasteiger partial charge on any atom is 0.176 e. The summed E-state index contributed by atoms with van der Waals surface area (Å²) in [6, 6.07) is 19.7. The lowest BCUT2D eigenvalue weighted by atomic mass is 10.2. The Labute approximate surface area is 118 Å². The molecule has 0 radical (unpaired) electrons. The van der Waals surface area contributed by atoms with E-state index in [0.29, 0.717) is 5.11 Å². The molecule has 0 saturated carbocycles. The molecule has 2 rings (SSSR count). The van der Waals surface area contributed by atoms with Gasteiger partial charge in [0.15, 0.2) is 5.11 Å². The van der Waals surface area contributed by atoms with Crippen LogP contribution in [0.1, 0.15) is 5.56 Å². The third-order valence-corrected chi connectivity index (χ3v) is 2.74. The second kappa shape index (κ2) is 6.66. The molecule has 0 unspecified atom stereocenters. The number of aliphatic imine (C=N–C) groups is 1. The molecule has 0 aliphatic carbocycles. The van der Waals surface area contributed by atoms with E-state index in [2.05, 4.69) is 15.6 Å². The minimum absolute atomic E-state index is 0.524. The van der Waals surface area contributed by atoms with E-state index in [9.17, 15) is 0 Å². The van der Waals surface area contributed by atoms with Crippen molar-refractivity contribution in [3.05, 3.63) is 66.2 Å². The van der Waals surface area contributed by atoms with Gasteiger partial charge in [0.2, 0.25) is 0 Å². The first-order chi connectivity index (χ1) is 9.29. The van der Waals surface area contributed by atoms with Gasteiger partial charge in [-0.25, -0.2) is 0 Å². The van der Waals surface area contributed by atoms with Crippen molar-refractivity contribution in [3.63, 3.8) is 0 Å². The van der Waals surface area contributed by atoms with Crippen molar-refractivity contribution in [1.29, 1.82) is 0 Å². The van der Waals surface area contributed by atoms with E-state index in [1.165, 1.54) is 0 Å². The van der Waals surface area contributed by atoms with Crippen LogP contribution in [-0.4, -0.2) is 18.0 Å². The van der Waals surface area contributed by atoms with Crippen LogP contribution in [0.4, 0.5) is 5.69 Å². The van der Waals surface area contributed by atoms with Gasteiger partial charge in [0.25, 0.3) is 0 Å². The van der Waals surface area contributed by atoms with Crippen molar-refractivity contribution in [3.8, 4) is 0 Å². The average molecular weight is 269 g/mol. The maximum atomic E-state index is 5.28.